The number of nitrogens with two attached hydrogens (primary N) is 1. The van der Waals surface area contributed by atoms with E-state index in [2.05, 4.69) is 63.4 Å². The second kappa shape index (κ2) is 17.7. The van der Waals surface area contributed by atoms with Crippen molar-refractivity contribution in [2.45, 2.75) is 91.8 Å². The highest BCUT2D eigenvalue weighted by Crippen LogP contribution is 2.32. The summed E-state index contributed by atoms with van der Waals surface area (Å²) in [6.45, 7) is 17.9. The first-order valence-corrected chi connectivity index (χ1v) is 19.0. The number of H-pyrrole nitrogens is 2. The lowest BCUT2D eigenvalue weighted by molar-refractivity contribution is 0.0406. The van der Waals surface area contributed by atoms with Gasteiger partial charge in [0.2, 0.25) is 0 Å². The van der Waals surface area contributed by atoms with Crippen molar-refractivity contribution in [2.75, 3.05) is 13.2 Å². The summed E-state index contributed by atoms with van der Waals surface area (Å²) in [5, 5.41) is 18.2. The van der Waals surface area contributed by atoms with E-state index in [1.54, 1.807) is 63.8 Å². The second-order valence-corrected chi connectivity index (χ2v) is 16.9. The number of aromatic nitrogens is 6. The summed E-state index contributed by atoms with van der Waals surface area (Å²) >= 11 is 0. The molecule has 0 aliphatic carbocycles. The highest BCUT2D eigenvalue weighted by atomic mass is 19.1. The topological polar surface area (TPSA) is 166 Å². The number of fused-ring (bicyclic) bond motifs is 2. The van der Waals surface area contributed by atoms with Crippen LogP contribution in [0.5, 0.6) is 11.5 Å². The maximum atomic E-state index is 14.9. The average molecular weight is 785 g/mol. The molecule has 0 saturated carbocycles. The van der Waals surface area contributed by atoms with Crippen molar-refractivity contribution in [3.8, 4) is 33.8 Å². The molecule has 12 nitrogen and oxygen atoms in total. The zero-order valence-corrected chi connectivity index (χ0v) is 34.2. The average Bonchev–Trinajstić information content (AvgIpc) is 3.79. The van der Waals surface area contributed by atoms with Crippen LogP contribution in [0.15, 0.2) is 73.3 Å². The Bertz CT molecular complexity index is 2280. The minimum atomic E-state index is -0.727. The Balaban J connectivity index is 0.000000224. The molecule has 0 saturated heterocycles. The van der Waals surface area contributed by atoms with Crippen molar-refractivity contribution in [3.63, 3.8) is 0 Å². The molecule has 0 fully saturated rings. The molecule has 0 spiro atoms. The Morgan fingerprint density at radius 2 is 1.21 bits per heavy atom. The summed E-state index contributed by atoms with van der Waals surface area (Å²) in [7, 11) is 0. The fourth-order valence-corrected chi connectivity index (χ4v) is 6.84. The third-order valence-electron chi connectivity index (χ3n) is 8.83. The van der Waals surface area contributed by atoms with Crippen LogP contribution < -0.4 is 20.5 Å². The van der Waals surface area contributed by atoms with E-state index in [-0.39, 0.29) is 30.6 Å². The number of halogens is 2. The van der Waals surface area contributed by atoms with Gasteiger partial charge in [-0.2, -0.15) is 10.2 Å². The molecule has 14 heteroatoms. The number of rotatable bonds is 13. The van der Waals surface area contributed by atoms with Gasteiger partial charge >= 0.3 is 6.09 Å². The monoisotopic (exact) mass is 784 g/mol. The first kappa shape index (κ1) is 42.5. The summed E-state index contributed by atoms with van der Waals surface area (Å²) in [5.74, 6) is 0.171. The SMILES string of the molecule is CC(C)C[C@@](C)(COc1ccc(-c2ccnc3[nH]ncc23)cc1F)NC(=O)OC(C)(C)C.CC(C)C[C@](C)(N)COc1ccc(-c2ccnc3[nH]ncc23)cc1F. The molecule has 0 aliphatic rings. The number of aromatic amines is 2. The molecular formula is C43H54F2N8O4. The Morgan fingerprint density at radius 1 is 0.737 bits per heavy atom. The summed E-state index contributed by atoms with van der Waals surface area (Å²) in [4.78, 5) is 20.8. The number of carbonyl (C=O) groups is 1. The van der Waals surface area contributed by atoms with Crippen LogP contribution in [-0.2, 0) is 4.74 Å². The van der Waals surface area contributed by atoms with Crippen LogP contribution in [0.4, 0.5) is 13.6 Å². The smallest absolute Gasteiger partial charge is 0.408 e. The third-order valence-corrected chi connectivity index (χ3v) is 8.83. The number of hydrogen-bond acceptors (Lipinski definition) is 9. The summed E-state index contributed by atoms with van der Waals surface area (Å²) < 4.78 is 46.3. The largest absolute Gasteiger partial charge is 0.489 e. The molecule has 6 rings (SSSR count). The molecule has 6 aromatic rings. The third kappa shape index (κ3) is 11.7. The van der Waals surface area contributed by atoms with Crippen LogP contribution in [-0.4, -0.2) is 66.3 Å². The van der Waals surface area contributed by atoms with Gasteiger partial charge in [-0.25, -0.2) is 23.5 Å². The molecule has 1 amide bonds. The van der Waals surface area contributed by atoms with Gasteiger partial charge in [0.25, 0.3) is 0 Å². The molecule has 2 atom stereocenters. The minimum Gasteiger partial charge on any atom is -0.489 e. The molecule has 0 bridgehead atoms. The first-order chi connectivity index (χ1) is 26.8. The van der Waals surface area contributed by atoms with Crippen LogP contribution in [0, 0.1) is 23.5 Å². The van der Waals surface area contributed by atoms with E-state index in [4.69, 9.17) is 19.9 Å². The Morgan fingerprint density at radius 3 is 1.65 bits per heavy atom. The van der Waals surface area contributed by atoms with Gasteiger partial charge in [-0.1, -0.05) is 39.8 Å². The maximum Gasteiger partial charge on any atom is 0.408 e. The van der Waals surface area contributed by atoms with Gasteiger partial charge in [0.05, 0.1) is 17.9 Å². The number of alkyl carbamates (subject to hydrolysis) is 1. The number of amides is 1. The van der Waals surface area contributed by atoms with E-state index in [1.165, 1.54) is 12.1 Å². The van der Waals surface area contributed by atoms with Crippen molar-refractivity contribution in [2.24, 2.45) is 17.6 Å². The molecule has 0 unspecified atom stereocenters. The van der Waals surface area contributed by atoms with Crippen LogP contribution in [0.25, 0.3) is 44.3 Å². The summed E-state index contributed by atoms with van der Waals surface area (Å²) in [6.07, 6.45) is 7.60. The Hall–Kier alpha value is -5.63. The normalized spacial score (nSPS) is 13.9. The van der Waals surface area contributed by atoms with E-state index in [1.807, 2.05) is 32.0 Å². The standard InChI is InChI=1S/C24H31FN4O3.C19H23FN4O/c1-15(2)12-24(6,28-22(30)32-23(3,4)5)14-31-20-8-7-16(11-19(20)25)17-9-10-26-21-18(17)13-27-29-21;1-12(2)9-19(3,21)11-25-17-5-4-13(8-16(17)20)14-6-7-22-18-15(14)10-23-24-18/h7-11,13,15H,12,14H2,1-6H3,(H,28,30)(H,26,27,29);4-8,10,12H,9,11,21H2,1-3H3,(H,22,23,24)/t24-;19-/m00/s1. The zero-order valence-electron chi connectivity index (χ0n) is 34.2. The van der Waals surface area contributed by atoms with Gasteiger partial charge in [-0.15, -0.1) is 0 Å². The number of hydrogen-bond donors (Lipinski definition) is 4. The second-order valence-electron chi connectivity index (χ2n) is 16.9. The van der Waals surface area contributed by atoms with Crippen molar-refractivity contribution < 1.29 is 27.8 Å². The highest BCUT2D eigenvalue weighted by Gasteiger charge is 2.31. The Labute approximate surface area is 332 Å². The van der Waals surface area contributed by atoms with Gasteiger partial charge in [0, 0.05) is 28.7 Å². The summed E-state index contributed by atoms with van der Waals surface area (Å²) in [6, 6.07) is 13.4. The van der Waals surface area contributed by atoms with Gasteiger partial charge in [-0.3, -0.25) is 10.2 Å². The van der Waals surface area contributed by atoms with E-state index in [9.17, 15) is 13.6 Å². The molecule has 304 valence electrons. The molecule has 0 radical (unpaired) electrons. The van der Waals surface area contributed by atoms with Crippen LogP contribution in [0.2, 0.25) is 0 Å². The van der Waals surface area contributed by atoms with Gasteiger partial charge < -0.3 is 25.3 Å². The van der Waals surface area contributed by atoms with Gasteiger partial charge in [0.1, 0.15) is 18.8 Å². The van der Waals surface area contributed by atoms with Gasteiger partial charge in [0.15, 0.2) is 34.4 Å². The fourth-order valence-electron chi connectivity index (χ4n) is 6.84. The van der Waals surface area contributed by atoms with Crippen LogP contribution in [0.1, 0.15) is 75.2 Å². The highest BCUT2D eigenvalue weighted by molar-refractivity contribution is 5.93. The fraction of sp³-hybridized carbons (Fsp3) is 0.419. The maximum absolute atomic E-state index is 14.9. The number of nitrogens with zero attached hydrogens (tertiary/aromatic N) is 4. The minimum absolute atomic E-state index is 0.0991. The van der Waals surface area contributed by atoms with Crippen molar-refractivity contribution in [3.05, 3.63) is 85.0 Å². The lowest BCUT2D eigenvalue weighted by atomic mass is 9.91. The predicted molar refractivity (Wildman–Crippen MR) is 219 cm³/mol. The lowest BCUT2D eigenvalue weighted by Crippen LogP contribution is -2.52. The number of carbonyl (C=O) groups excluding carboxylic acids is 1. The molecule has 5 N–H and O–H groups in total. The molecule has 4 heterocycles. The number of benzene rings is 2. The quantitative estimate of drug-likeness (QED) is 0.0893. The molecule has 57 heavy (non-hydrogen) atoms. The number of nitrogens with one attached hydrogen (secondary N) is 3. The van der Waals surface area contributed by atoms with Gasteiger partial charge in [-0.05, 0) is 118 Å². The molecule has 0 aliphatic heterocycles. The van der Waals surface area contributed by atoms with Crippen molar-refractivity contribution in [1.29, 1.82) is 0 Å². The number of pyridine rings is 2. The van der Waals surface area contributed by atoms with Crippen molar-refractivity contribution in [1.82, 2.24) is 35.7 Å². The van der Waals surface area contributed by atoms with Crippen molar-refractivity contribution >= 4 is 28.2 Å². The predicted octanol–water partition coefficient (Wildman–Crippen LogP) is 9.38. The van der Waals surface area contributed by atoms with Crippen LogP contribution >= 0.6 is 0 Å². The zero-order chi connectivity index (χ0) is 41.5. The first-order valence-electron chi connectivity index (χ1n) is 19.0. The number of ether oxygens (including phenoxy) is 3. The lowest BCUT2D eigenvalue weighted by Gasteiger charge is -2.33. The Kier molecular flexibility index (Phi) is 13.2. The molecule has 4 aromatic heterocycles. The van der Waals surface area contributed by atoms with E-state index in [0.717, 1.165) is 33.9 Å². The summed E-state index contributed by atoms with van der Waals surface area (Å²) in [5.41, 5.74) is 8.84. The van der Waals surface area contributed by atoms with E-state index < -0.39 is 34.4 Å². The van der Waals surface area contributed by atoms with Crippen LogP contribution in [0.3, 0.4) is 0 Å². The van der Waals surface area contributed by atoms with E-state index >= 15 is 0 Å². The molecule has 2 aromatic carbocycles. The van der Waals surface area contributed by atoms with E-state index in [0.29, 0.717) is 29.2 Å². The molecular weight excluding hydrogens is 731 g/mol.